The largest absolute Gasteiger partial charge is 0.379 e. The minimum absolute atomic E-state index is 0.0715. The van der Waals surface area contributed by atoms with Gasteiger partial charge in [-0.25, -0.2) is 5.90 Å². The molecule has 0 aliphatic rings. The molecule has 0 fully saturated rings. The molecule has 0 saturated carbocycles. The highest BCUT2D eigenvalue weighted by Crippen LogP contribution is 2.19. The number of nitrogens with two attached hydrogens (primary N) is 1. The van der Waals surface area contributed by atoms with E-state index in [0.29, 0.717) is 12.5 Å². The molecule has 1 unspecified atom stereocenters. The Morgan fingerprint density at radius 1 is 1.45 bits per heavy atom. The highest BCUT2D eigenvalue weighted by molar-refractivity contribution is 4.70. The van der Waals surface area contributed by atoms with Gasteiger partial charge in [0.1, 0.15) is 0 Å². The van der Waals surface area contributed by atoms with Crippen molar-refractivity contribution < 1.29 is 9.57 Å². The van der Waals surface area contributed by atoms with E-state index >= 15 is 0 Å². The molecule has 0 radical (unpaired) electrons. The Bertz CT molecular complexity index is 104. The van der Waals surface area contributed by atoms with Crippen LogP contribution in [0.2, 0.25) is 0 Å². The second-order valence-electron chi connectivity index (χ2n) is 3.61. The summed E-state index contributed by atoms with van der Waals surface area (Å²) in [4.78, 5) is 4.54. The van der Waals surface area contributed by atoms with E-state index in [1.165, 1.54) is 0 Å². The van der Waals surface area contributed by atoms with Crippen LogP contribution in [0.4, 0.5) is 0 Å². The molecule has 0 heterocycles. The first-order valence-corrected chi connectivity index (χ1v) is 3.88. The van der Waals surface area contributed by atoms with Crippen molar-refractivity contribution in [1.82, 2.24) is 0 Å². The highest BCUT2D eigenvalue weighted by atomic mass is 16.6. The average molecular weight is 161 g/mol. The quantitative estimate of drug-likeness (QED) is 0.619. The second-order valence-corrected chi connectivity index (χ2v) is 3.61. The van der Waals surface area contributed by atoms with E-state index in [2.05, 4.69) is 25.6 Å². The van der Waals surface area contributed by atoms with E-state index in [-0.39, 0.29) is 5.60 Å². The Hall–Kier alpha value is -0.120. The fraction of sp³-hybridized carbons (Fsp3) is 1.00. The van der Waals surface area contributed by atoms with Gasteiger partial charge in [0.05, 0.1) is 12.2 Å². The molecule has 0 aromatic carbocycles. The summed E-state index contributed by atoms with van der Waals surface area (Å²) in [6, 6.07) is 0. The summed E-state index contributed by atoms with van der Waals surface area (Å²) >= 11 is 0. The van der Waals surface area contributed by atoms with Crippen molar-refractivity contribution in [2.45, 2.75) is 32.8 Å². The second kappa shape index (κ2) is 4.70. The molecule has 0 saturated heterocycles. The van der Waals surface area contributed by atoms with Crippen molar-refractivity contribution in [3.8, 4) is 0 Å². The maximum Gasteiger partial charge on any atom is 0.0705 e. The van der Waals surface area contributed by atoms with Crippen LogP contribution >= 0.6 is 0 Å². The van der Waals surface area contributed by atoms with Crippen LogP contribution in [-0.2, 0) is 9.57 Å². The average Bonchev–Trinajstić information content (AvgIpc) is 1.87. The Labute approximate surface area is 68.8 Å². The van der Waals surface area contributed by atoms with Crippen molar-refractivity contribution in [2.24, 2.45) is 11.8 Å². The van der Waals surface area contributed by atoms with Crippen molar-refractivity contribution >= 4 is 0 Å². The topological polar surface area (TPSA) is 44.5 Å². The van der Waals surface area contributed by atoms with Crippen molar-refractivity contribution in [1.29, 1.82) is 0 Å². The molecule has 68 valence electrons. The number of methoxy groups -OCH3 is 1. The number of hydrogen-bond acceptors (Lipinski definition) is 3. The molecule has 0 bridgehead atoms. The van der Waals surface area contributed by atoms with Gasteiger partial charge in [-0.3, -0.25) is 0 Å². The minimum atomic E-state index is -0.0715. The summed E-state index contributed by atoms with van der Waals surface area (Å²) in [6.45, 7) is 6.79. The molecule has 0 amide bonds. The van der Waals surface area contributed by atoms with E-state index in [1.807, 2.05) is 0 Å². The van der Waals surface area contributed by atoms with Crippen LogP contribution in [0.25, 0.3) is 0 Å². The van der Waals surface area contributed by atoms with Gasteiger partial charge in [-0.05, 0) is 26.2 Å². The zero-order valence-corrected chi connectivity index (χ0v) is 7.89. The van der Waals surface area contributed by atoms with Crippen molar-refractivity contribution in [3.05, 3.63) is 0 Å². The van der Waals surface area contributed by atoms with Gasteiger partial charge in [0.2, 0.25) is 0 Å². The van der Waals surface area contributed by atoms with Crippen LogP contribution in [0.5, 0.6) is 0 Å². The van der Waals surface area contributed by atoms with Crippen LogP contribution in [0.3, 0.4) is 0 Å². The van der Waals surface area contributed by atoms with Gasteiger partial charge in [0, 0.05) is 7.11 Å². The van der Waals surface area contributed by atoms with Gasteiger partial charge >= 0.3 is 0 Å². The first-order chi connectivity index (χ1) is 5.02. The molecular formula is C8H19NO2. The summed E-state index contributed by atoms with van der Waals surface area (Å²) in [7, 11) is 1.72. The molecule has 2 N–H and O–H groups in total. The number of rotatable bonds is 5. The normalized spacial score (nSPS) is 15.0. The monoisotopic (exact) mass is 161 g/mol. The zero-order chi connectivity index (χ0) is 8.91. The molecule has 3 heteroatoms. The van der Waals surface area contributed by atoms with E-state index in [9.17, 15) is 0 Å². The maximum absolute atomic E-state index is 5.26. The van der Waals surface area contributed by atoms with E-state index < -0.39 is 0 Å². The van der Waals surface area contributed by atoms with Gasteiger partial charge in [-0.1, -0.05) is 6.92 Å². The molecule has 0 aromatic heterocycles. The van der Waals surface area contributed by atoms with Crippen LogP contribution in [0.1, 0.15) is 27.2 Å². The van der Waals surface area contributed by atoms with E-state index in [0.717, 1.165) is 6.42 Å². The molecule has 0 aromatic rings. The van der Waals surface area contributed by atoms with Gasteiger partial charge in [0.25, 0.3) is 0 Å². The van der Waals surface area contributed by atoms with E-state index in [1.54, 1.807) is 7.11 Å². The summed E-state index contributed by atoms with van der Waals surface area (Å²) in [5, 5.41) is 0. The van der Waals surface area contributed by atoms with Crippen LogP contribution in [-0.4, -0.2) is 19.3 Å². The summed E-state index contributed by atoms with van der Waals surface area (Å²) in [6.07, 6.45) is 0.959. The third-order valence-electron chi connectivity index (χ3n) is 1.77. The predicted octanol–water partition coefficient (Wildman–Crippen LogP) is 1.33. The molecule has 0 rings (SSSR count). The Balaban J connectivity index is 3.64. The summed E-state index contributed by atoms with van der Waals surface area (Å²) in [5.41, 5.74) is -0.0715. The lowest BCUT2D eigenvalue weighted by atomic mass is 9.95. The maximum atomic E-state index is 5.26. The number of ether oxygens (including phenoxy) is 1. The predicted molar refractivity (Wildman–Crippen MR) is 45.0 cm³/mol. The van der Waals surface area contributed by atoms with Crippen LogP contribution < -0.4 is 5.90 Å². The smallest absolute Gasteiger partial charge is 0.0705 e. The van der Waals surface area contributed by atoms with E-state index in [4.69, 9.17) is 10.6 Å². The lowest BCUT2D eigenvalue weighted by molar-refractivity contribution is -0.0102. The van der Waals surface area contributed by atoms with Crippen LogP contribution in [0, 0.1) is 5.92 Å². The SMILES string of the molecule is COC(C)(C)CC(C)CON. The molecule has 11 heavy (non-hydrogen) atoms. The zero-order valence-electron chi connectivity index (χ0n) is 7.89. The number of hydrogen-bond donors (Lipinski definition) is 1. The molecule has 0 aliphatic carbocycles. The third-order valence-corrected chi connectivity index (χ3v) is 1.77. The van der Waals surface area contributed by atoms with Gasteiger partial charge < -0.3 is 9.57 Å². The Kier molecular flexibility index (Phi) is 4.65. The standard InChI is InChI=1S/C8H19NO2/c1-7(6-11-9)5-8(2,3)10-4/h7H,5-6,9H2,1-4H3. The molecule has 0 spiro atoms. The van der Waals surface area contributed by atoms with Crippen LogP contribution in [0.15, 0.2) is 0 Å². The Morgan fingerprint density at radius 2 is 2.00 bits per heavy atom. The van der Waals surface area contributed by atoms with Gasteiger partial charge in [0.15, 0.2) is 0 Å². The fourth-order valence-corrected chi connectivity index (χ4v) is 1.15. The lowest BCUT2D eigenvalue weighted by Crippen LogP contribution is -2.27. The highest BCUT2D eigenvalue weighted by Gasteiger charge is 2.19. The summed E-state index contributed by atoms with van der Waals surface area (Å²) in [5.74, 6) is 5.39. The van der Waals surface area contributed by atoms with Gasteiger partial charge in [-0.15, -0.1) is 0 Å². The minimum Gasteiger partial charge on any atom is -0.379 e. The van der Waals surface area contributed by atoms with Crippen molar-refractivity contribution in [2.75, 3.05) is 13.7 Å². The van der Waals surface area contributed by atoms with Gasteiger partial charge in [-0.2, -0.15) is 0 Å². The molecule has 0 aliphatic heterocycles. The summed E-state index contributed by atoms with van der Waals surface area (Å²) < 4.78 is 5.26. The molecular weight excluding hydrogens is 142 g/mol. The molecule has 3 nitrogen and oxygen atoms in total. The lowest BCUT2D eigenvalue weighted by Gasteiger charge is -2.25. The fourth-order valence-electron chi connectivity index (χ4n) is 1.15. The first kappa shape index (κ1) is 10.9. The molecule has 1 atom stereocenters. The van der Waals surface area contributed by atoms with Crippen molar-refractivity contribution in [3.63, 3.8) is 0 Å². The first-order valence-electron chi connectivity index (χ1n) is 3.88. The Morgan fingerprint density at radius 3 is 2.36 bits per heavy atom. The third kappa shape index (κ3) is 5.18.